The van der Waals surface area contributed by atoms with Crippen LogP contribution in [0.2, 0.25) is 0 Å². The third-order valence-corrected chi connectivity index (χ3v) is 9.60. The third kappa shape index (κ3) is 4.38. The number of rotatable bonds is 4. The van der Waals surface area contributed by atoms with E-state index in [1.165, 1.54) is 0 Å². The molecule has 0 amide bonds. The van der Waals surface area contributed by atoms with E-state index in [1.807, 2.05) is 72.8 Å². The zero-order valence-electron chi connectivity index (χ0n) is 26.7. The first kappa shape index (κ1) is 28.8. The number of benzene rings is 7. The fourth-order valence-corrected chi connectivity index (χ4v) is 7.39. The number of nitrogens with zero attached hydrogens (tertiary/aromatic N) is 5. The highest BCUT2D eigenvalue weighted by atomic mass is 15.0. The molecule has 7 aromatic carbocycles. The molecular weight excluding hydrogens is 611 g/mol. The molecule has 2 heterocycles. The van der Waals surface area contributed by atoms with E-state index in [4.69, 9.17) is 6.57 Å². The van der Waals surface area contributed by atoms with Gasteiger partial charge < -0.3 is 9.13 Å². The van der Waals surface area contributed by atoms with Crippen LogP contribution in [0.1, 0.15) is 11.1 Å². The highest BCUT2D eigenvalue weighted by molar-refractivity contribution is 6.11. The highest BCUT2D eigenvalue weighted by Crippen LogP contribution is 2.40. The van der Waals surface area contributed by atoms with E-state index in [0.717, 1.165) is 77.2 Å². The van der Waals surface area contributed by atoms with E-state index in [-0.39, 0.29) is 0 Å². The molecule has 0 aliphatic heterocycles. The van der Waals surface area contributed by atoms with Crippen LogP contribution in [0.5, 0.6) is 0 Å². The van der Waals surface area contributed by atoms with Gasteiger partial charge in [-0.05, 0) is 88.8 Å². The number of fused-ring (bicyclic) bond motifs is 6. The zero-order valence-corrected chi connectivity index (χ0v) is 26.7. The summed E-state index contributed by atoms with van der Waals surface area (Å²) in [5.41, 5.74) is 11.8. The summed E-state index contributed by atoms with van der Waals surface area (Å²) in [6.45, 7) is 7.57. The van der Waals surface area contributed by atoms with E-state index < -0.39 is 0 Å². The second-order valence-electron chi connectivity index (χ2n) is 12.3. The molecule has 0 aliphatic carbocycles. The molecule has 50 heavy (non-hydrogen) atoms. The normalized spacial score (nSPS) is 11.1. The van der Waals surface area contributed by atoms with Gasteiger partial charge in [-0.1, -0.05) is 84.9 Å². The van der Waals surface area contributed by atoms with E-state index >= 15 is 0 Å². The average molecular weight is 636 g/mol. The van der Waals surface area contributed by atoms with Crippen molar-refractivity contribution in [3.63, 3.8) is 0 Å². The lowest BCUT2D eigenvalue weighted by Crippen LogP contribution is -1.99. The molecule has 0 unspecified atom stereocenters. The van der Waals surface area contributed by atoms with Gasteiger partial charge in [-0.15, -0.1) is 0 Å². The van der Waals surface area contributed by atoms with Crippen LogP contribution >= 0.6 is 0 Å². The van der Waals surface area contributed by atoms with Crippen LogP contribution in [0.4, 0.5) is 5.69 Å². The molecular formula is C45H25N5. The lowest BCUT2D eigenvalue weighted by Gasteiger charge is -2.16. The number of para-hydroxylation sites is 2. The van der Waals surface area contributed by atoms with E-state index in [0.29, 0.717) is 16.8 Å². The summed E-state index contributed by atoms with van der Waals surface area (Å²) in [7, 11) is 0. The summed E-state index contributed by atoms with van der Waals surface area (Å²) in [6, 6.07) is 55.7. The SMILES string of the molecule is [C-]#[N+]c1ccc2c(c1)c1ccccc1n2-c1cccc(C#N)c1-c1ccc(-c2cccc(-n3c4ccccc4c4cc(C#N)ccc43)c2)cc1. The predicted molar refractivity (Wildman–Crippen MR) is 202 cm³/mol. The fourth-order valence-electron chi connectivity index (χ4n) is 7.39. The van der Waals surface area contributed by atoms with Gasteiger partial charge in [0.25, 0.3) is 0 Å². The van der Waals surface area contributed by atoms with Crippen molar-refractivity contribution < 1.29 is 0 Å². The van der Waals surface area contributed by atoms with Gasteiger partial charge in [0.1, 0.15) is 0 Å². The molecule has 0 bridgehead atoms. The molecule has 2 aromatic heterocycles. The second kappa shape index (κ2) is 11.4. The van der Waals surface area contributed by atoms with E-state index in [9.17, 15) is 10.5 Å². The summed E-state index contributed by atoms with van der Waals surface area (Å²) >= 11 is 0. The Kier molecular flexibility index (Phi) is 6.56. The van der Waals surface area contributed by atoms with Crippen LogP contribution in [0.25, 0.3) is 82.1 Å². The molecule has 9 aromatic rings. The molecule has 0 radical (unpaired) electrons. The molecule has 0 spiro atoms. The van der Waals surface area contributed by atoms with Gasteiger partial charge in [-0.25, -0.2) is 4.85 Å². The molecule has 0 N–H and O–H groups in total. The fraction of sp³-hybridized carbons (Fsp3) is 0. The van der Waals surface area contributed by atoms with Crippen molar-refractivity contribution in [3.8, 4) is 45.8 Å². The van der Waals surface area contributed by atoms with Crippen molar-refractivity contribution >= 4 is 49.3 Å². The van der Waals surface area contributed by atoms with Crippen molar-refractivity contribution in [2.24, 2.45) is 0 Å². The first-order chi connectivity index (χ1) is 24.7. The monoisotopic (exact) mass is 635 g/mol. The minimum Gasteiger partial charge on any atom is -0.309 e. The van der Waals surface area contributed by atoms with Crippen molar-refractivity contribution in [2.75, 3.05) is 0 Å². The topological polar surface area (TPSA) is 61.8 Å². The number of aromatic nitrogens is 2. The van der Waals surface area contributed by atoms with Gasteiger partial charge in [-0.3, -0.25) is 0 Å². The van der Waals surface area contributed by atoms with Crippen LogP contribution in [-0.2, 0) is 0 Å². The standard InChI is InChI=1S/C45H25N5/c1-48-34-21-23-43-39(26-34)37-12-3-5-14-41(37)50(43)44-15-7-9-33(28-47)45(44)31-19-17-30(18-20-31)32-8-6-10-35(25-32)49-40-13-4-2-11-36(40)38-24-29(27-46)16-22-42(38)49/h2-26H. The molecule has 0 atom stereocenters. The van der Waals surface area contributed by atoms with Gasteiger partial charge in [0.2, 0.25) is 0 Å². The first-order valence-electron chi connectivity index (χ1n) is 16.3. The Morgan fingerprint density at radius 1 is 0.480 bits per heavy atom. The van der Waals surface area contributed by atoms with Crippen LogP contribution in [0.15, 0.2) is 152 Å². The van der Waals surface area contributed by atoms with Crippen LogP contribution in [-0.4, -0.2) is 9.13 Å². The van der Waals surface area contributed by atoms with Crippen molar-refractivity contribution in [1.29, 1.82) is 10.5 Å². The molecule has 9 rings (SSSR count). The summed E-state index contributed by atoms with van der Waals surface area (Å²) in [5.74, 6) is 0. The van der Waals surface area contributed by atoms with Crippen LogP contribution in [0.3, 0.4) is 0 Å². The van der Waals surface area contributed by atoms with Crippen LogP contribution in [0, 0.1) is 29.2 Å². The molecule has 5 nitrogen and oxygen atoms in total. The van der Waals surface area contributed by atoms with E-state index in [1.54, 1.807) is 0 Å². The molecule has 230 valence electrons. The Labute approximate surface area is 288 Å². The lowest BCUT2D eigenvalue weighted by molar-refractivity contribution is 1.18. The molecule has 0 fully saturated rings. The maximum atomic E-state index is 10.3. The largest absolute Gasteiger partial charge is 0.309 e. The molecule has 5 heteroatoms. The zero-order chi connectivity index (χ0) is 33.8. The molecule has 0 aliphatic rings. The minimum atomic E-state index is 0.590. The summed E-state index contributed by atoms with van der Waals surface area (Å²) in [4.78, 5) is 3.67. The predicted octanol–water partition coefficient (Wildman–Crippen LogP) is 11.5. The van der Waals surface area contributed by atoms with E-state index in [2.05, 4.69) is 105 Å². The lowest BCUT2D eigenvalue weighted by atomic mass is 9.95. The summed E-state index contributed by atoms with van der Waals surface area (Å²) < 4.78 is 4.46. The Morgan fingerprint density at radius 3 is 1.86 bits per heavy atom. The van der Waals surface area contributed by atoms with Gasteiger partial charge in [0.15, 0.2) is 5.69 Å². The summed E-state index contributed by atoms with van der Waals surface area (Å²) in [6.07, 6.45) is 0. The molecule has 0 saturated carbocycles. The quantitative estimate of drug-likeness (QED) is 0.181. The van der Waals surface area contributed by atoms with Crippen molar-refractivity contribution in [1.82, 2.24) is 9.13 Å². The van der Waals surface area contributed by atoms with Crippen molar-refractivity contribution in [3.05, 3.63) is 174 Å². The Bertz CT molecular complexity index is 2960. The summed E-state index contributed by atoms with van der Waals surface area (Å²) in [5, 5.41) is 24.1. The highest BCUT2D eigenvalue weighted by Gasteiger charge is 2.19. The maximum absolute atomic E-state index is 10.3. The van der Waals surface area contributed by atoms with Gasteiger partial charge in [0.05, 0.1) is 57.6 Å². The van der Waals surface area contributed by atoms with Gasteiger partial charge in [-0.2, -0.15) is 10.5 Å². The molecule has 0 saturated heterocycles. The maximum Gasteiger partial charge on any atom is 0.188 e. The van der Waals surface area contributed by atoms with Gasteiger partial charge >= 0.3 is 0 Å². The smallest absolute Gasteiger partial charge is 0.188 e. The number of hydrogen-bond acceptors (Lipinski definition) is 2. The van der Waals surface area contributed by atoms with Gasteiger partial charge in [0, 0.05) is 27.4 Å². The number of nitriles is 2. The second-order valence-corrected chi connectivity index (χ2v) is 12.3. The average Bonchev–Trinajstić information content (AvgIpc) is 3.69. The number of hydrogen-bond donors (Lipinski definition) is 0. The Hall–Kier alpha value is -7.39. The van der Waals surface area contributed by atoms with Crippen molar-refractivity contribution in [2.45, 2.75) is 0 Å². The Balaban J connectivity index is 1.17. The Morgan fingerprint density at radius 2 is 1.12 bits per heavy atom. The van der Waals surface area contributed by atoms with Crippen LogP contribution < -0.4 is 0 Å². The third-order valence-electron chi connectivity index (χ3n) is 9.60. The minimum absolute atomic E-state index is 0.590. The first-order valence-corrected chi connectivity index (χ1v) is 16.3.